The molecule has 1 aliphatic carbocycles. The van der Waals surface area contributed by atoms with E-state index in [0.717, 1.165) is 48.6 Å². The van der Waals surface area contributed by atoms with Crippen molar-refractivity contribution in [3.8, 4) is 5.75 Å². The van der Waals surface area contributed by atoms with Crippen molar-refractivity contribution in [1.29, 1.82) is 0 Å². The molecule has 272 valence electrons. The van der Waals surface area contributed by atoms with Gasteiger partial charge in [-0.05, 0) is 89.8 Å². The molecule has 51 heavy (non-hydrogen) atoms. The second-order valence-corrected chi connectivity index (χ2v) is 13.4. The molecule has 3 N–H and O–H groups in total. The first-order chi connectivity index (χ1) is 23.7. The van der Waals surface area contributed by atoms with E-state index in [-0.39, 0.29) is 23.2 Å². The van der Waals surface area contributed by atoms with E-state index >= 15 is 0 Å². The number of carbonyl (C=O) groups excluding carboxylic acids is 2. The predicted molar refractivity (Wildman–Crippen MR) is 175 cm³/mol. The number of allylic oxidation sites excluding steroid dienone is 2. The summed E-state index contributed by atoms with van der Waals surface area (Å²) in [6, 6.07) is 14.5. The first kappa shape index (κ1) is 37.2. The summed E-state index contributed by atoms with van der Waals surface area (Å²) in [6.45, 7) is 5.10. The molecule has 0 spiro atoms. The summed E-state index contributed by atoms with van der Waals surface area (Å²) in [6.07, 6.45) is -3.94. The summed E-state index contributed by atoms with van der Waals surface area (Å²) in [7, 11) is 0. The van der Waals surface area contributed by atoms with Crippen LogP contribution < -0.4 is 20.3 Å². The Morgan fingerprint density at radius 1 is 0.961 bits per heavy atom. The van der Waals surface area contributed by atoms with Crippen molar-refractivity contribution >= 4 is 34.9 Å². The second kappa shape index (κ2) is 13.9. The minimum atomic E-state index is -4.56. The van der Waals surface area contributed by atoms with E-state index in [1.54, 1.807) is 12.1 Å². The van der Waals surface area contributed by atoms with E-state index in [9.17, 15) is 40.7 Å². The molecule has 0 saturated carbocycles. The number of carboxylic acids is 1. The molecule has 0 fully saturated rings. The number of nitrogens with one attached hydrogen (secondary N) is 2. The Balaban J connectivity index is 1.38. The third-order valence-corrected chi connectivity index (χ3v) is 8.79. The quantitative estimate of drug-likeness (QED) is 0.191. The van der Waals surface area contributed by atoms with E-state index in [2.05, 4.69) is 41.6 Å². The number of urea groups is 1. The van der Waals surface area contributed by atoms with E-state index < -0.39 is 54.1 Å². The molecule has 1 aliphatic heterocycles. The van der Waals surface area contributed by atoms with Crippen LogP contribution in [0.1, 0.15) is 67.1 Å². The Morgan fingerprint density at radius 2 is 1.63 bits per heavy atom. The number of anilines is 2. The maximum atomic E-state index is 14.4. The molecular formula is C36H35F6N3O6. The maximum Gasteiger partial charge on any atom is 0.540 e. The highest BCUT2D eigenvalue weighted by molar-refractivity contribution is 6.02. The number of carbonyl (C=O) groups is 3. The van der Waals surface area contributed by atoms with Crippen molar-refractivity contribution in [3.05, 3.63) is 95.1 Å². The number of hydrogen-bond acceptors (Lipinski definition) is 5. The normalized spacial score (nSPS) is 18.1. The van der Waals surface area contributed by atoms with E-state index in [1.807, 2.05) is 17.4 Å². The van der Waals surface area contributed by atoms with Crippen LogP contribution in [0.2, 0.25) is 0 Å². The van der Waals surface area contributed by atoms with Gasteiger partial charge in [0.2, 0.25) is 0 Å². The highest BCUT2D eigenvalue weighted by atomic mass is 19.3. The summed E-state index contributed by atoms with van der Waals surface area (Å²) in [5.74, 6) is -7.79. The molecule has 9 nitrogen and oxygen atoms in total. The van der Waals surface area contributed by atoms with Gasteiger partial charge in [-0.15, -0.1) is 8.78 Å². The van der Waals surface area contributed by atoms with E-state index in [4.69, 9.17) is 5.11 Å². The summed E-state index contributed by atoms with van der Waals surface area (Å²) >= 11 is 0. The molecule has 5 rings (SSSR count). The molecule has 1 unspecified atom stereocenters. The lowest BCUT2D eigenvalue weighted by Crippen LogP contribution is -2.42. The highest BCUT2D eigenvalue weighted by Crippen LogP contribution is 2.47. The van der Waals surface area contributed by atoms with Crippen molar-refractivity contribution in [2.24, 2.45) is 11.3 Å². The summed E-state index contributed by atoms with van der Waals surface area (Å²) in [5, 5.41) is 12.9. The van der Waals surface area contributed by atoms with Gasteiger partial charge in [0.25, 0.3) is 5.91 Å². The van der Waals surface area contributed by atoms with Gasteiger partial charge in [0, 0.05) is 16.9 Å². The maximum absolute atomic E-state index is 14.4. The number of ether oxygens (including phenoxy) is 2. The third kappa shape index (κ3) is 8.82. The summed E-state index contributed by atoms with van der Waals surface area (Å²) < 4.78 is 90.4. The molecule has 0 bridgehead atoms. The fraction of sp³-hybridized carbons (Fsp3) is 0.361. The lowest BCUT2D eigenvalue weighted by atomic mass is 9.72. The molecule has 1 atom stereocenters. The van der Waals surface area contributed by atoms with Crippen LogP contribution in [-0.4, -0.2) is 41.8 Å². The molecule has 15 heteroatoms. The van der Waals surface area contributed by atoms with Gasteiger partial charge in [-0.1, -0.05) is 51.1 Å². The lowest BCUT2D eigenvalue weighted by Gasteiger charge is -2.33. The monoisotopic (exact) mass is 719 g/mol. The number of aliphatic carboxylic acids is 1. The Hall–Kier alpha value is -5.05. The average molecular weight is 720 g/mol. The molecule has 3 amide bonds. The molecule has 3 aromatic carbocycles. The van der Waals surface area contributed by atoms with Crippen molar-refractivity contribution in [2.45, 2.75) is 64.9 Å². The van der Waals surface area contributed by atoms with Crippen molar-refractivity contribution in [3.63, 3.8) is 0 Å². The fourth-order valence-electron chi connectivity index (χ4n) is 5.80. The Kier molecular flexibility index (Phi) is 10.2. The molecule has 2 aliphatic rings. The number of amides is 3. The van der Waals surface area contributed by atoms with Crippen molar-refractivity contribution < 1.29 is 55.3 Å². The van der Waals surface area contributed by atoms with Crippen LogP contribution in [0, 0.1) is 11.3 Å². The number of hydrogen-bond donors (Lipinski definition) is 3. The molecule has 0 radical (unpaired) electrons. The second-order valence-electron chi connectivity index (χ2n) is 13.4. The highest BCUT2D eigenvalue weighted by Gasteiger charge is 2.54. The minimum absolute atomic E-state index is 0.0558. The van der Waals surface area contributed by atoms with Crippen LogP contribution in [0.15, 0.2) is 72.8 Å². The van der Waals surface area contributed by atoms with Gasteiger partial charge in [0.1, 0.15) is 5.75 Å². The number of rotatable bonds is 9. The number of nitrogens with zero attached hydrogens (tertiary/aromatic N) is 1. The van der Waals surface area contributed by atoms with Gasteiger partial charge in [0.05, 0.1) is 18.7 Å². The SMILES string of the molecule is CC(C)(C)C1CC=C(c2ccc(N(Cc3ccc(C(=O)NCC(F)(F)C(=O)O)cc3)C(=O)Nc3ccc4c(c3)C(F)(F)OC(F)(F)O4)cc2)CC1. The minimum Gasteiger partial charge on any atom is -0.477 e. The van der Waals surface area contributed by atoms with E-state index in [0.29, 0.717) is 17.2 Å². The van der Waals surface area contributed by atoms with Gasteiger partial charge < -0.3 is 20.5 Å². The van der Waals surface area contributed by atoms with Crippen molar-refractivity contribution in [1.82, 2.24) is 5.32 Å². The predicted octanol–water partition coefficient (Wildman–Crippen LogP) is 8.61. The zero-order valence-corrected chi connectivity index (χ0v) is 27.7. The number of halogens is 6. The van der Waals surface area contributed by atoms with Gasteiger partial charge >= 0.3 is 30.3 Å². The molecule has 1 heterocycles. The summed E-state index contributed by atoms with van der Waals surface area (Å²) in [5.41, 5.74) is 1.91. The molecule has 0 aromatic heterocycles. The topological polar surface area (TPSA) is 117 Å². The molecule has 0 saturated heterocycles. The van der Waals surface area contributed by atoms with Crippen LogP contribution in [-0.2, 0) is 22.2 Å². The Bertz CT molecular complexity index is 1820. The first-order valence-electron chi connectivity index (χ1n) is 15.9. The Labute approximate surface area is 289 Å². The number of fused-ring (bicyclic) bond motifs is 1. The molecular weight excluding hydrogens is 684 g/mol. The van der Waals surface area contributed by atoms with Crippen molar-refractivity contribution in [2.75, 3.05) is 16.8 Å². The van der Waals surface area contributed by atoms with Crippen LogP contribution in [0.5, 0.6) is 5.75 Å². The molecule has 3 aromatic rings. The number of benzene rings is 3. The van der Waals surface area contributed by atoms with Crippen LogP contribution in [0.25, 0.3) is 5.57 Å². The van der Waals surface area contributed by atoms with E-state index in [1.165, 1.54) is 29.2 Å². The Morgan fingerprint density at radius 3 is 2.22 bits per heavy atom. The van der Waals surface area contributed by atoms with Gasteiger partial charge in [0.15, 0.2) is 0 Å². The van der Waals surface area contributed by atoms with Gasteiger partial charge in [-0.3, -0.25) is 9.69 Å². The van der Waals surface area contributed by atoms with Crippen LogP contribution in [0.3, 0.4) is 0 Å². The van der Waals surface area contributed by atoms with Gasteiger partial charge in [-0.25, -0.2) is 14.3 Å². The average Bonchev–Trinajstić information content (AvgIpc) is 3.05. The standard InChI is InChI=1S/C36H35F6N3O6/c1-33(2,3)25-12-8-22(9-13-25)23-10-15-27(16-11-23)45(19-21-4-6-24(7-5-21)30(46)43-20-34(37,38)31(47)48)32(49)44-26-14-17-29-28(18-26)35(39,40)51-36(41,42)50-29/h4-8,10-11,14-18,25H,9,12-13,19-20H2,1-3H3,(H,43,46)(H,44,49)(H,47,48). The van der Waals surface area contributed by atoms with Gasteiger partial charge in [-0.2, -0.15) is 17.6 Å². The summed E-state index contributed by atoms with van der Waals surface area (Å²) in [4.78, 5) is 38.0. The zero-order valence-electron chi connectivity index (χ0n) is 27.7. The van der Waals surface area contributed by atoms with Crippen LogP contribution >= 0.6 is 0 Å². The lowest BCUT2D eigenvalue weighted by molar-refractivity contribution is -0.461. The number of carboxylic acid groups (broad SMARTS) is 1. The largest absolute Gasteiger partial charge is 0.540 e. The van der Waals surface area contributed by atoms with Crippen LogP contribution in [0.4, 0.5) is 42.5 Å². The first-order valence-corrected chi connectivity index (χ1v) is 15.9. The third-order valence-electron chi connectivity index (χ3n) is 8.79. The number of alkyl halides is 6. The zero-order chi connectivity index (χ0) is 37.4. The fourth-order valence-corrected chi connectivity index (χ4v) is 5.80. The smallest absolute Gasteiger partial charge is 0.477 e.